The van der Waals surface area contributed by atoms with Crippen LogP contribution in [0.15, 0.2) is 46.4 Å². The van der Waals surface area contributed by atoms with E-state index in [4.69, 9.17) is 14.7 Å². The maximum atomic E-state index is 13.0. The van der Waals surface area contributed by atoms with E-state index < -0.39 is 17.8 Å². The van der Waals surface area contributed by atoms with E-state index in [2.05, 4.69) is 21.2 Å². The van der Waals surface area contributed by atoms with Crippen LogP contribution in [0.4, 0.5) is 10.5 Å². The van der Waals surface area contributed by atoms with Gasteiger partial charge in [-0.15, -0.1) is 0 Å². The number of benzene rings is 2. The van der Waals surface area contributed by atoms with Gasteiger partial charge in [0.05, 0.1) is 17.3 Å². The second kappa shape index (κ2) is 8.80. The molecular formula is C21H16BrN3O5. The number of hydrogen-bond acceptors (Lipinski definition) is 6. The zero-order valence-corrected chi connectivity index (χ0v) is 17.6. The fourth-order valence-corrected chi connectivity index (χ4v) is 3.39. The zero-order chi connectivity index (χ0) is 21.8. The van der Waals surface area contributed by atoms with Crippen molar-refractivity contribution < 1.29 is 23.9 Å². The number of nitrogens with one attached hydrogen (secondary N) is 1. The van der Waals surface area contributed by atoms with Gasteiger partial charge in [0.15, 0.2) is 18.1 Å². The van der Waals surface area contributed by atoms with Crippen molar-refractivity contribution in [2.45, 2.75) is 6.92 Å². The second-order valence-electron chi connectivity index (χ2n) is 6.27. The molecule has 2 aromatic rings. The highest BCUT2D eigenvalue weighted by atomic mass is 79.9. The average molecular weight is 470 g/mol. The summed E-state index contributed by atoms with van der Waals surface area (Å²) in [5, 5.41) is 10.9. The number of amides is 4. The maximum Gasteiger partial charge on any atom is 0.335 e. The lowest BCUT2D eigenvalue weighted by molar-refractivity contribution is -0.122. The van der Waals surface area contributed by atoms with Crippen molar-refractivity contribution in [2.75, 3.05) is 18.6 Å². The first kappa shape index (κ1) is 21.1. The molecule has 30 heavy (non-hydrogen) atoms. The number of barbiturate groups is 1. The number of carbonyl (C=O) groups excluding carboxylic acids is 3. The van der Waals surface area contributed by atoms with Crippen molar-refractivity contribution in [3.63, 3.8) is 0 Å². The molecule has 1 aliphatic heterocycles. The molecule has 152 valence electrons. The molecule has 0 saturated carbocycles. The highest BCUT2D eigenvalue weighted by molar-refractivity contribution is 9.10. The van der Waals surface area contributed by atoms with Crippen molar-refractivity contribution >= 4 is 45.5 Å². The number of halogens is 1. The predicted octanol–water partition coefficient (Wildman–Crippen LogP) is 3.33. The number of hydrogen-bond donors (Lipinski definition) is 1. The van der Waals surface area contributed by atoms with E-state index in [1.807, 2.05) is 13.0 Å². The third-order valence-corrected chi connectivity index (χ3v) is 4.83. The number of methoxy groups -OCH3 is 1. The Morgan fingerprint density at radius 2 is 1.90 bits per heavy atom. The van der Waals surface area contributed by atoms with Gasteiger partial charge in [0, 0.05) is 0 Å². The van der Waals surface area contributed by atoms with Gasteiger partial charge < -0.3 is 9.47 Å². The lowest BCUT2D eigenvalue weighted by atomic mass is 10.1. The van der Waals surface area contributed by atoms with Crippen LogP contribution in [0.3, 0.4) is 0 Å². The van der Waals surface area contributed by atoms with Crippen molar-refractivity contribution in [1.29, 1.82) is 5.26 Å². The molecule has 0 aromatic heterocycles. The molecule has 3 rings (SSSR count). The molecule has 1 aliphatic rings. The molecule has 2 aromatic carbocycles. The summed E-state index contributed by atoms with van der Waals surface area (Å²) in [5.41, 5.74) is 1.56. The number of urea groups is 1. The van der Waals surface area contributed by atoms with Gasteiger partial charge >= 0.3 is 6.03 Å². The summed E-state index contributed by atoms with van der Waals surface area (Å²) < 4.78 is 11.1. The molecule has 0 aliphatic carbocycles. The van der Waals surface area contributed by atoms with Crippen LogP contribution in [-0.4, -0.2) is 31.6 Å². The van der Waals surface area contributed by atoms with Crippen LogP contribution in [-0.2, 0) is 9.59 Å². The third-order valence-electron chi connectivity index (χ3n) is 4.24. The van der Waals surface area contributed by atoms with Gasteiger partial charge in [-0.05, 0) is 58.8 Å². The van der Waals surface area contributed by atoms with Crippen LogP contribution >= 0.6 is 15.9 Å². The van der Waals surface area contributed by atoms with Crippen LogP contribution in [0, 0.1) is 18.3 Å². The Balaban J connectivity index is 2.01. The number of nitrogens with zero attached hydrogens (tertiary/aromatic N) is 2. The standard InChI is InChI=1S/C21H16BrN3O5/c1-12-3-5-14(6-4-12)25-20(27)15(19(26)24-21(25)28)9-13-10-16(22)18(30-8-7-23)17(11-13)29-2/h3-6,9-11H,8H2,1-2H3,(H,24,26,28)/b15-9+. The fraction of sp³-hybridized carbons (Fsp3) is 0.143. The number of carbonyl (C=O) groups is 3. The number of imide groups is 2. The lowest BCUT2D eigenvalue weighted by Gasteiger charge is -2.26. The first-order valence-corrected chi connectivity index (χ1v) is 9.50. The second-order valence-corrected chi connectivity index (χ2v) is 7.13. The Hall–Kier alpha value is -3.64. The average Bonchev–Trinajstić information content (AvgIpc) is 2.71. The number of nitriles is 1. The van der Waals surface area contributed by atoms with Gasteiger partial charge in [0.1, 0.15) is 11.6 Å². The topological polar surface area (TPSA) is 109 Å². The minimum Gasteiger partial charge on any atom is -0.493 e. The molecule has 1 N–H and O–H groups in total. The Morgan fingerprint density at radius 3 is 2.53 bits per heavy atom. The summed E-state index contributed by atoms with van der Waals surface area (Å²) in [5.74, 6) is -0.917. The minimum absolute atomic E-state index is 0.177. The van der Waals surface area contributed by atoms with Gasteiger partial charge in [-0.1, -0.05) is 17.7 Å². The van der Waals surface area contributed by atoms with Gasteiger partial charge in [-0.2, -0.15) is 5.26 Å². The highest BCUT2D eigenvalue weighted by Crippen LogP contribution is 2.37. The van der Waals surface area contributed by atoms with Crippen molar-refractivity contribution in [2.24, 2.45) is 0 Å². The van der Waals surface area contributed by atoms with E-state index in [9.17, 15) is 14.4 Å². The van der Waals surface area contributed by atoms with Gasteiger partial charge in [0.25, 0.3) is 11.8 Å². The zero-order valence-electron chi connectivity index (χ0n) is 16.1. The molecule has 0 unspecified atom stereocenters. The highest BCUT2D eigenvalue weighted by Gasteiger charge is 2.36. The first-order valence-electron chi connectivity index (χ1n) is 8.71. The summed E-state index contributed by atoms with van der Waals surface area (Å²) in [6.45, 7) is 1.70. The van der Waals surface area contributed by atoms with E-state index >= 15 is 0 Å². The smallest absolute Gasteiger partial charge is 0.335 e. The van der Waals surface area contributed by atoms with E-state index in [-0.39, 0.29) is 12.2 Å². The van der Waals surface area contributed by atoms with Crippen LogP contribution < -0.4 is 19.7 Å². The van der Waals surface area contributed by atoms with Crippen molar-refractivity contribution in [1.82, 2.24) is 5.32 Å². The van der Waals surface area contributed by atoms with Crippen LogP contribution in [0.1, 0.15) is 11.1 Å². The molecule has 0 radical (unpaired) electrons. The monoisotopic (exact) mass is 469 g/mol. The van der Waals surface area contributed by atoms with E-state index in [0.717, 1.165) is 10.5 Å². The van der Waals surface area contributed by atoms with Gasteiger partial charge in [-0.25, -0.2) is 9.69 Å². The van der Waals surface area contributed by atoms with Crippen molar-refractivity contribution in [3.05, 3.63) is 57.6 Å². The SMILES string of the molecule is COc1cc(/C=C2\C(=O)NC(=O)N(c3ccc(C)cc3)C2=O)cc(Br)c1OCC#N. The molecule has 1 saturated heterocycles. The summed E-state index contributed by atoms with van der Waals surface area (Å²) in [7, 11) is 1.42. The summed E-state index contributed by atoms with van der Waals surface area (Å²) in [6.07, 6.45) is 1.35. The normalized spacial score (nSPS) is 15.1. The molecule has 1 heterocycles. The van der Waals surface area contributed by atoms with Gasteiger partial charge in [-0.3, -0.25) is 14.9 Å². The fourth-order valence-electron chi connectivity index (χ4n) is 2.82. The summed E-state index contributed by atoms with van der Waals surface area (Å²) in [6, 6.07) is 11.0. The van der Waals surface area contributed by atoms with E-state index in [1.165, 1.54) is 13.2 Å². The Kier molecular flexibility index (Phi) is 6.18. The number of ether oxygens (including phenoxy) is 2. The Morgan fingerprint density at radius 1 is 1.20 bits per heavy atom. The Bertz CT molecular complexity index is 1100. The molecule has 0 atom stereocenters. The molecule has 0 spiro atoms. The Labute approximate surface area is 180 Å². The first-order chi connectivity index (χ1) is 14.3. The maximum absolute atomic E-state index is 13.0. The third kappa shape index (κ3) is 4.18. The van der Waals surface area contributed by atoms with E-state index in [1.54, 1.807) is 36.4 Å². The van der Waals surface area contributed by atoms with Crippen LogP contribution in [0.5, 0.6) is 11.5 Å². The quantitative estimate of drug-likeness (QED) is 0.531. The summed E-state index contributed by atoms with van der Waals surface area (Å²) >= 11 is 3.34. The molecular weight excluding hydrogens is 454 g/mol. The molecule has 8 nitrogen and oxygen atoms in total. The largest absolute Gasteiger partial charge is 0.493 e. The van der Waals surface area contributed by atoms with Crippen molar-refractivity contribution in [3.8, 4) is 17.6 Å². The van der Waals surface area contributed by atoms with Gasteiger partial charge in [0.2, 0.25) is 0 Å². The number of anilines is 1. The number of rotatable bonds is 5. The summed E-state index contributed by atoms with van der Waals surface area (Å²) in [4.78, 5) is 38.5. The van der Waals surface area contributed by atoms with E-state index in [0.29, 0.717) is 27.2 Å². The number of aryl methyl sites for hydroxylation is 1. The minimum atomic E-state index is -0.815. The lowest BCUT2D eigenvalue weighted by Crippen LogP contribution is -2.54. The van der Waals surface area contributed by atoms with Crippen LogP contribution in [0.2, 0.25) is 0 Å². The predicted molar refractivity (Wildman–Crippen MR) is 112 cm³/mol. The molecule has 1 fully saturated rings. The molecule has 0 bridgehead atoms. The molecule has 4 amide bonds. The molecule has 9 heteroatoms. The van der Waals surface area contributed by atoms with Crippen LogP contribution in [0.25, 0.3) is 6.08 Å².